The average molecular weight is 431 g/mol. The number of rotatable bonds is 5. The van der Waals surface area contributed by atoms with E-state index < -0.39 is 11.4 Å². The Morgan fingerprint density at radius 2 is 2.00 bits per heavy atom. The van der Waals surface area contributed by atoms with Gasteiger partial charge in [0, 0.05) is 23.0 Å². The fourth-order valence-electron chi connectivity index (χ4n) is 2.80. The van der Waals surface area contributed by atoms with Gasteiger partial charge < -0.3 is 9.87 Å². The van der Waals surface area contributed by atoms with E-state index in [2.05, 4.69) is 31.2 Å². The van der Waals surface area contributed by atoms with Crippen LogP contribution in [0.25, 0.3) is 5.69 Å². The second kappa shape index (κ2) is 8.59. The molecule has 3 aromatic rings. The van der Waals surface area contributed by atoms with Gasteiger partial charge in [0.2, 0.25) is 10.8 Å². The number of nitrogens with one attached hydrogen (secondary N) is 1. The number of halogens is 1. The number of carbonyl (C=O) groups is 1. The molecule has 8 heteroatoms. The predicted octanol–water partition coefficient (Wildman–Crippen LogP) is 3.99. The van der Waals surface area contributed by atoms with E-state index in [1.54, 1.807) is 41.2 Å². The smallest absolute Gasteiger partial charge is 0.228 e. The summed E-state index contributed by atoms with van der Waals surface area (Å²) in [5.41, 5.74) is 2.82. The fourth-order valence-corrected chi connectivity index (χ4v) is 3.62. The zero-order valence-electron chi connectivity index (χ0n) is 16.5. The Morgan fingerprint density at radius 1 is 1.28 bits per heavy atom. The summed E-state index contributed by atoms with van der Waals surface area (Å²) < 4.78 is 13.8. The first-order valence-electron chi connectivity index (χ1n) is 9.04. The van der Waals surface area contributed by atoms with Crippen LogP contribution in [0.3, 0.4) is 0 Å². The van der Waals surface area contributed by atoms with Crippen molar-refractivity contribution in [2.45, 2.75) is 37.5 Å². The Morgan fingerprint density at radius 3 is 2.62 bits per heavy atom. The molecule has 0 saturated heterocycles. The molecule has 3 rings (SSSR count). The highest BCUT2D eigenvalue weighted by Crippen LogP contribution is 2.27. The van der Waals surface area contributed by atoms with Crippen LogP contribution >= 0.6 is 11.6 Å². The molecule has 1 heterocycles. The van der Waals surface area contributed by atoms with Gasteiger partial charge in [-0.15, -0.1) is 5.14 Å². The Hall–Kier alpha value is -2.32. The van der Waals surface area contributed by atoms with Crippen LogP contribution in [0.4, 0.5) is 5.69 Å². The molecule has 0 aliphatic heterocycles. The number of anilines is 1. The highest BCUT2D eigenvalue weighted by Gasteiger charge is 2.21. The fraction of sp³-hybridized carbons (Fsp3) is 0.238. The molecular weight excluding hydrogens is 408 g/mol. The number of hydrogen-bond donors (Lipinski definition) is 2. The van der Waals surface area contributed by atoms with Crippen molar-refractivity contribution in [3.8, 4) is 5.69 Å². The van der Waals surface area contributed by atoms with Crippen molar-refractivity contribution >= 4 is 34.6 Å². The highest BCUT2D eigenvalue weighted by molar-refractivity contribution is 7.89. The number of aromatic nitrogens is 2. The topological polar surface area (TPSA) is 96.0 Å². The quantitative estimate of drug-likeness (QED) is 0.598. The number of nitrogens with zero attached hydrogens (tertiary/aromatic N) is 2. The third-order valence-electron chi connectivity index (χ3n) is 4.46. The summed E-state index contributed by atoms with van der Waals surface area (Å²) in [6.07, 6.45) is 3.81. The summed E-state index contributed by atoms with van der Waals surface area (Å²) in [7, 11) is 0. The third kappa shape index (κ3) is 5.19. The lowest BCUT2D eigenvalue weighted by Crippen LogP contribution is -2.18. The van der Waals surface area contributed by atoms with Gasteiger partial charge >= 0.3 is 0 Å². The van der Waals surface area contributed by atoms with Gasteiger partial charge in [0.15, 0.2) is 0 Å². The molecule has 0 aliphatic carbocycles. The van der Waals surface area contributed by atoms with Gasteiger partial charge in [0.1, 0.15) is 5.69 Å². The Bertz CT molecular complexity index is 1030. The van der Waals surface area contributed by atoms with E-state index in [1.165, 1.54) is 0 Å². The van der Waals surface area contributed by atoms with Crippen LogP contribution in [0.1, 0.15) is 31.9 Å². The minimum Gasteiger partial charge on any atom is -0.593 e. The van der Waals surface area contributed by atoms with Gasteiger partial charge in [-0.3, -0.25) is 4.79 Å². The van der Waals surface area contributed by atoms with E-state index in [0.717, 1.165) is 11.1 Å². The molecule has 0 fully saturated rings. The van der Waals surface area contributed by atoms with Crippen molar-refractivity contribution in [1.29, 1.82) is 0 Å². The van der Waals surface area contributed by atoms with E-state index in [1.807, 2.05) is 18.3 Å². The van der Waals surface area contributed by atoms with Crippen molar-refractivity contribution in [2.75, 3.05) is 5.32 Å². The van der Waals surface area contributed by atoms with Crippen LogP contribution in [0, 0.1) is 0 Å². The molecule has 1 atom stereocenters. The van der Waals surface area contributed by atoms with Crippen molar-refractivity contribution < 1.29 is 9.35 Å². The maximum atomic E-state index is 12.4. The van der Waals surface area contributed by atoms with Crippen LogP contribution in [-0.4, -0.2) is 20.2 Å². The largest absolute Gasteiger partial charge is 0.593 e. The van der Waals surface area contributed by atoms with Crippen LogP contribution in [0.5, 0.6) is 0 Å². The van der Waals surface area contributed by atoms with Crippen LogP contribution in [-0.2, 0) is 28.0 Å². The van der Waals surface area contributed by atoms with Crippen molar-refractivity contribution in [2.24, 2.45) is 5.14 Å². The number of hydrogen-bond acceptors (Lipinski definition) is 4. The van der Waals surface area contributed by atoms with E-state index >= 15 is 0 Å². The van der Waals surface area contributed by atoms with E-state index in [-0.39, 0.29) is 17.7 Å². The van der Waals surface area contributed by atoms with E-state index in [0.29, 0.717) is 21.3 Å². The lowest BCUT2D eigenvalue weighted by Gasteiger charge is -2.15. The SMILES string of the molecule is CC(C)(C)c1cnn(-c2ccc(NC(=O)Cc3ccccc3Cl)cc2[S+](N)[O-])c1. The van der Waals surface area contributed by atoms with Crippen LogP contribution in [0.2, 0.25) is 5.02 Å². The van der Waals surface area contributed by atoms with E-state index in [4.69, 9.17) is 16.7 Å². The van der Waals surface area contributed by atoms with Gasteiger partial charge in [-0.2, -0.15) is 5.10 Å². The molecule has 29 heavy (non-hydrogen) atoms. The average Bonchev–Trinajstić information content (AvgIpc) is 3.14. The van der Waals surface area contributed by atoms with Gasteiger partial charge in [0.25, 0.3) is 0 Å². The molecule has 0 spiro atoms. The standard InChI is InChI=1S/C21H23ClN4O2S/c1-21(2,3)15-12-24-26(13-15)18-9-8-16(11-19(18)29(23)28)25-20(27)10-14-6-4-5-7-17(14)22/h4-9,11-13H,10,23H2,1-3H3,(H,25,27). The molecular formula is C21H23ClN4O2S. The number of nitrogens with two attached hydrogens (primary N) is 1. The predicted molar refractivity (Wildman–Crippen MR) is 117 cm³/mol. The zero-order chi connectivity index (χ0) is 21.2. The van der Waals surface area contributed by atoms with Crippen molar-refractivity contribution in [3.63, 3.8) is 0 Å². The highest BCUT2D eigenvalue weighted by atomic mass is 35.5. The molecule has 1 aromatic heterocycles. The first-order valence-corrected chi connectivity index (χ1v) is 10.6. The molecule has 1 amide bonds. The second-order valence-electron chi connectivity index (χ2n) is 7.72. The summed E-state index contributed by atoms with van der Waals surface area (Å²) in [5, 5.41) is 13.4. The van der Waals surface area contributed by atoms with Crippen LogP contribution < -0.4 is 10.5 Å². The molecule has 0 saturated carbocycles. The maximum absolute atomic E-state index is 12.4. The number of benzene rings is 2. The first kappa shape index (κ1) is 21.4. The molecule has 3 N–H and O–H groups in total. The minimum absolute atomic E-state index is 0.0626. The summed E-state index contributed by atoms with van der Waals surface area (Å²) in [6.45, 7) is 6.27. The summed E-state index contributed by atoms with van der Waals surface area (Å²) in [6, 6.07) is 12.3. The van der Waals surface area contributed by atoms with Gasteiger partial charge in [-0.25, -0.2) is 4.68 Å². The van der Waals surface area contributed by atoms with E-state index in [9.17, 15) is 9.35 Å². The number of carbonyl (C=O) groups excluding carboxylic acids is 1. The van der Waals surface area contributed by atoms with Crippen molar-refractivity contribution in [1.82, 2.24) is 9.78 Å². The Labute approximate surface area is 178 Å². The molecule has 2 aromatic carbocycles. The zero-order valence-corrected chi connectivity index (χ0v) is 18.1. The summed E-state index contributed by atoms with van der Waals surface area (Å²) in [4.78, 5) is 12.8. The molecule has 6 nitrogen and oxygen atoms in total. The molecule has 0 aliphatic rings. The summed E-state index contributed by atoms with van der Waals surface area (Å²) >= 11 is 4.36. The lowest BCUT2D eigenvalue weighted by molar-refractivity contribution is -0.115. The normalized spacial score (nSPS) is 12.6. The third-order valence-corrected chi connectivity index (χ3v) is 5.59. The number of amides is 1. The monoisotopic (exact) mass is 430 g/mol. The van der Waals surface area contributed by atoms with Crippen LogP contribution in [0.15, 0.2) is 59.8 Å². The van der Waals surface area contributed by atoms with Crippen molar-refractivity contribution in [3.05, 3.63) is 71.0 Å². The Balaban J connectivity index is 1.83. The molecule has 1 unspecified atom stereocenters. The second-order valence-corrected chi connectivity index (χ2v) is 9.16. The van der Waals surface area contributed by atoms with Gasteiger partial charge in [-0.05, 0) is 34.7 Å². The van der Waals surface area contributed by atoms with Gasteiger partial charge in [-0.1, -0.05) is 50.6 Å². The molecule has 0 radical (unpaired) electrons. The molecule has 0 bridgehead atoms. The maximum Gasteiger partial charge on any atom is 0.228 e. The van der Waals surface area contributed by atoms with Gasteiger partial charge in [0.05, 0.1) is 24.0 Å². The molecule has 152 valence electrons. The summed E-state index contributed by atoms with van der Waals surface area (Å²) in [5.74, 6) is -0.228. The first-order chi connectivity index (χ1) is 13.6. The minimum atomic E-state index is -1.75. The Kier molecular flexibility index (Phi) is 6.33. The lowest BCUT2D eigenvalue weighted by atomic mass is 9.90.